The number of rotatable bonds is 6. The van der Waals surface area contributed by atoms with Gasteiger partial charge >= 0.3 is 0 Å². The average molecular weight is 356 g/mol. The summed E-state index contributed by atoms with van der Waals surface area (Å²) in [6.07, 6.45) is 3.43. The van der Waals surface area contributed by atoms with Gasteiger partial charge in [-0.15, -0.1) is 10.2 Å². The third kappa shape index (κ3) is 3.84. The molecule has 4 aromatic rings. The largest absolute Gasteiger partial charge is 0.367 e. The zero-order chi connectivity index (χ0) is 18.5. The predicted molar refractivity (Wildman–Crippen MR) is 109 cm³/mol. The zero-order valence-electron chi connectivity index (χ0n) is 15.1. The van der Waals surface area contributed by atoms with Crippen LogP contribution in [0, 0.1) is 6.92 Å². The molecule has 0 spiro atoms. The van der Waals surface area contributed by atoms with Crippen LogP contribution in [0.2, 0.25) is 0 Å². The molecule has 0 aliphatic rings. The lowest BCUT2D eigenvalue weighted by atomic mass is 10.0. The Kier molecular flexibility index (Phi) is 4.87. The van der Waals surface area contributed by atoms with Gasteiger partial charge in [0.25, 0.3) is 0 Å². The quantitative estimate of drug-likeness (QED) is 0.510. The molecule has 0 unspecified atom stereocenters. The van der Waals surface area contributed by atoms with Gasteiger partial charge in [-0.3, -0.25) is 0 Å². The normalized spacial score (nSPS) is 10.7. The molecule has 4 rings (SSSR count). The van der Waals surface area contributed by atoms with Gasteiger partial charge in [-0.2, -0.15) is 0 Å². The number of hydrogen-bond acceptors (Lipinski definition) is 6. The lowest BCUT2D eigenvalue weighted by Gasteiger charge is -2.11. The number of fused-ring (bicyclic) bond motifs is 1. The maximum Gasteiger partial charge on any atom is 0.222 e. The highest BCUT2D eigenvalue weighted by atomic mass is 15.2. The van der Waals surface area contributed by atoms with Crippen LogP contribution in [0.5, 0.6) is 0 Å². The summed E-state index contributed by atoms with van der Waals surface area (Å²) in [7, 11) is 0. The number of aryl methyl sites for hydroxylation is 1. The second kappa shape index (κ2) is 7.78. The highest BCUT2D eigenvalue weighted by Gasteiger charge is 2.08. The second-order valence-electron chi connectivity index (χ2n) is 6.21. The van der Waals surface area contributed by atoms with E-state index in [1.807, 2.05) is 19.1 Å². The van der Waals surface area contributed by atoms with Crippen LogP contribution in [0.3, 0.4) is 0 Å². The fraction of sp³-hybridized carbons (Fsp3) is 0.143. The molecule has 2 heterocycles. The van der Waals surface area contributed by atoms with E-state index in [1.54, 1.807) is 18.5 Å². The summed E-state index contributed by atoms with van der Waals surface area (Å²) in [4.78, 5) is 8.27. The Morgan fingerprint density at radius 2 is 1.59 bits per heavy atom. The van der Waals surface area contributed by atoms with Crippen molar-refractivity contribution in [2.75, 3.05) is 23.7 Å². The van der Waals surface area contributed by atoms with E-state index >= 15 is 0 Å². The summed E-state index contributed by atoms with van der Waals surface area (Å²) in [5, 5.41) is 17.7. The molecule has 0 bridgehead atoms. The maximum atomic E-state index is 4.44. The molecule has 0 aliphatic heterocycles. The van der Waals surface area contributed by atoms with Crippen molar-refractivity contribution in [1.29, 1.82) is 0 Å². The Balaban J connectivity index is 1.46. The highest BCUT2D eigenvalue weighted by Crippen LogP contribution is 2.28. The number of benzene rings is 2. The van der Waals surface area contributed by atoms with Crippen LogP contribution in [-0.2, 0) is 0 Å². The van der Waals surface area contributed by atoms with Crippen LogP contribution in [0.4, 0.5) is 11.8 Å². The molecule has 2 aromatic carbocycles. The van der Waals surface area contributed by atoms with Crippen molar-refractivity contribution >= 4 is 22.5 Å². The fourth-order valence-electron chi connectivity index (χ4n) is 2.99. The molecule has 2 aromatic heterocycles. The Morgan fingerprint density at radius 3 is 2.44 bits per heavy atom. The van der Waals surface area contributed by atoms with Crippen LogP contribution in [0.15, 0.2) is 67.0 Å². The molecule has 0 atom stereocenters. The van der Waals surface area contributed by atoms with Crippen LogP contribution in [0.25, 0.3) is 22.0 Å². The van der Waals surface area contributed by atoms with Gasteiger partial charge in [-0.05, 0) is 35.4 Å². The van der Waals surface area contributed by atoms with Gasteiger partial charge in [0.15, 0.2) is 5.82 Å². The van der Waals surface area contributed by atoms with E-state index in [1.165, 1.54) is 10.8 Å². The number of nitrogens with one attached hydrogen (secondary N) is 2. The standard InChI is InChI=1S/C21H20N6/c1-15-14-19(18-9-4-7-16-6-2-3-8-17(16)18)26-27-20(15)22-12-13-25-21-23-10-5-11-24-21/h2-11,14H,12-13H2,1H3,(H,22,27)(H,23,24,25). The van der Waals surface area contributed by atoms with E-state index in [9.17, 15) is 0 Å². The van der Waals surface area contributed by atoms with Crippen LogP contribution in [0.1, 0.15) is 5.56 Å². The summed E-state index contributed by atoms with van der Waals surface area (Å²) in [6.45, 7) is 3.43. The summed E-state index contributed by atoms with van der Waals surface area (Å²) in [5.74, 6) is 1.41. The van der Waals surface area contributed by atoms with Crippen LogP contribution >= 0.6 is 0 Å². The van der Waals surface area contributed by atoms with E-state index < -0.39 is 0 Å². The van der Waals surface area contributed by atoms with Crippen molar-refractivity contribution in [2.24, 2.45) is 0 Å². The summed E-state index contributed by atoms with van der Waals surface area (Å²) >= 11 is 0. The first-order chi connectivity index (χ1) is 13.3. The van der Waals surface area contributed by atoms with Gasteiger partial charge in [0, 0.05) is 31.0 Å². The first-order valence-electron chi connectivity index (χ1n) is 8.88. The molecule has 0 aliphatic carbocycles. The Labute approximate surface area is 157 Å². The van der Waals surface area contributed by atoms with E-state index in [2.05, 4.69) is 67.2 Å². The Bertz CT molecular complexity index is 1040. The number of nitrogens with zero attached hydrogens (tertiary/aromatic N) is 4. The molecular weight excluding hydrogens is 336 g/mol. The number of hydrogen-bond donors (Lipinski definition) is 2. The molecule has 134 valence electrons. The Hall–Kier alpha value is -3.54. The van der Waals surface area contributed by atoms with E-state index in [0.29, 0.717) is 19.0 Å². The SMILES string of the molecule is Cc1cc(-c2cccc3ccccc23)nnc1NCCNc1ncccn1. The highest BCUT2D eigenvalue weighted by molar-refractivity contribution is 5.95. The van der Waals surface area contributed by atoms with Gasteiger partial charge < -0.3 is 10.6 Å². The molecule has 2 N–H and O–H groups in total. The maximum absolute atomic E-state index is 4.44. The monoisotopic (exact) mass is 356 g/mol. The molecule has 27 heavy (non-hydrogen) atoms. The van der Waals surface area contributed by atoms with Crippen molar-refractivity contribution in [3.05, 3.63) is 72.6 Å². The number of aromatic nitrogens is 4. The lowest BCUT2D eigenvalue weighted by Crippen LogP contribution is -2.16. The molecule has 0 radical (unpaired) electrons. The second-order valence-corrected chi connectivity index (χ2v) is 6.21. The van der Waals surface area contributed by atoms with Crippen LogP contribution in [-0.4, -0.2) is 33.3 Å². The number of anilines is 2. The van der Waals surface area contributed by atoms with Crippen molar-refractivity contribution < 1.29 is 0 Å². The smallest absolute Gasteiger partial charge is 0.222 e. The lowest BCUT2D eigenvalue weighted by molar-refractivity contribution is 0.972. The summed E-state index contributed by atoms with van der Waals surface area (Å²) in [5.41, 5.74) is 3.03. The minimum absolute atomic E-state index is 0.619. The molecule has 0 fully saturated rings. The topological polar surface area (TPSA) is 75.6 Å². The van der Waals surface area contributed by atoms with Gasteiger partial charge in [-0.1, -0.05) is 42.5 Å². The van der Waals surface area contributed by atoms with Crippen LogP contribution < -0.4 is 10.6 Å². The van der Waals surface area contributed by atoms with Crippen molar-refractivity contribution in [3.8, 4) is 11.3 Å². The van der Waals surface area contributed by atoms with E-state index in [0.717, 1.165) is 22.6 Å². The minimum atomic E-state index is 0.619. The third-order valence-electron chi connectivity index (χ3n) is 4.32. The predicted octanol–water partition coefficient (Wildman–Crippen LogP) is 3.92. The fourth-order valence-corrected chi connectivity index (χ4v) is 2.99. The van der Waals surface area contributed by atoms with Crippen molar-refractivity contribution in [1.82, 2.24) is 20.2 Å². The first-order valence-corrected chi connectivity index (χ1v) is 8.88. The van der Waals surface area contributed by atoms with Gasteiger partial charge in [0.05, 0.1) is 5.69 Å². The molecule has 0 saturated heterocycles. The molecular formula is C21H20N6. The van der Waals surface area contributed by atoms with Gasteiger partial charge in [0.1, 0.15) is 0 Å². The van der Waals surface area contributed by atoms with Gasteiger partial charge in [0.2, 0.25) is 5.95 Å². The summed E-state index contributed by atoms with van der Waals surface area (Å²) in [6, 6.07) is 18.4. The zero-order valence-corrected chi connectivity index (χ0v) is 15.1. The molecule has 0 amide bonds. The van der Waals surface area contributed by atoms with Crippen molar-refractivity contribution in [2.45, 2.75) is 6.92 Å². The Morgan fingerprint density at radius 1 is 0.815 bits per heavy atom. The average Bonchev–Trinajstić information content (AvgIpc) is 2.72. The van der Waals surface area contributed by atoms with E-state index in [-0.39, 0.29) is 0 Å². The van der Waals surface area contributed by atoms with E-state index in [4.69, 9.17) is 0 Å². The minimum Gasteiger partial charge on any atom is -0.367 e. The van der Waals surface area contributed by atoms with Crippen molar-refractivity contribution in [3.63, 3.8) is 0 Å². The summed E-state index contributed by atoms with van der Waals surface area (Å²) < 4.78 is 0. The third-order valence-corrected chi connectivity index (χ3v) is 4.32. The molecule has 6 nitrogen and oxygen atoms in total. The molecule has 0 saturated carbocycles. The molecule has 6 heteroatoms. The van der Waals surface area contributed by atoms with Gasteiger partial charge in [-0.25, -0.2) is 9.97 Å². The first kappa shape index (κ1) is 16.9.